The number of carboxylic acid groups (broad SMARTS) is 1. The number of carbonyl (C=O) groups is 4. The second kappa shape index (κ2) is 14.6. The summed E-state index contributed by atoms with van der Waals surface area (Å²) < 4.78 is 9.94. The predicted molar refractivity (Wildman–Crippen MR) is 129 cm³/mol. The molecule has 0 unspecified atom stereocenters. The van der Waals surface area contributed by atoms with E-state index in [1.807, 2.05) is 6.07 Å². The Morgan fingerprint density at radius 2 is 1.92 bits per heavy atom. The van der Waals surface area contributed by atoms with Crippen molar-refractivity contribution >= 4 is 38.4 Å². The number of aliphatic carboxylic acids is 1. The van der Waals surface area contributed by atoms with Crippen molar-refractivity contribution in [2.45, 2.75) is 37.7 Å². The van der Waals surface area contributed by atoms with E-state index in [9.17, 15) is 29.4 Å². The molecule has 1 aromatic heterocycles. The van der Waals surface area contributed by atoms with Gasteiger partial charge in [0.15, 0.2) is 0 Å². The van der Waals surface area contributed by atoms with Gasteiger partial charge in [-0.25, -0.2) is 0 Å². The molecule has 12 nitrogen and oxygen atoms in total. The minimum atomic E-state index is -1.29. The normalized spacial score (nSPS) is 11.6. The summed E-state index contributed by atoms with van der Waals surface area (Å²) in [7, 11) is 0. The molecule has 0 spiro atoms. The van der Waals surface area contributed by atoms with Crippen molar-refractivity contribution in [1.29, 1.82) is 0 Å². The summed E-state index contributed by atoms with van der Waals surface area (Å²) >= 11 is -1.20. The van der Waals surface area contributed by atoms with Gasteiger partial charge in [0.2, 0.25) is 0 Å². The fourth-order valence-electron chi connectivity index (χ4n) is 2.70. The molecule has 36 heavy (non-hydrogen) atoms. The van der Waals surface area contributed by atoms with Crippen LogP contribution in [0, 0.1) is 0 Å². The molecule has 2 aromatic rings. The zero-order valence-electron chi connectivity index (χ0n) is 19.8. The van der Waals surface area contributed by atoms with Gasteiger partial charge in [-0.3, -0.25) is 4.98 Å². The van der Waals surface area contributed by atoms with Crippen molar-refractivity contribution in [2.75, 3.05) is 13.2 Å². The molecule has 13 heteroatoms. The molecular formula is C23H28AsN4O8. The van der Waals surface area contributed by atoms with E-state index in [-0.39, 0.29) is 35.7 Å². The Balaban J connectivity index is 1.76. The maximum atomic E-state index is 12.5. The van der Waals surface area contributed by atoms with Crippen molar-refractivity contribution in [1.82, 2.24) is 20.9 Å². The van der Waals surface area contributed by atoms with Gasteiger partial charge in [-0.1, -0.05) is 6.07 Å². The van der Waals surface area contributed by atoms with E-state index in [1.165, 1.54) is 18.2 Å². The number of nitrogens with one attached hydrogen (secondary N) is 3. The van der Waals surface area contributed by atoms with Crippen LogP contribution in [0.15, 0.2) is 42.7 Å². The first kappa shape index (κ1) is 28.4. The van der Waals surface area contributed by atoms with Crippen molar-refractivity contribution < 1.29 is 38.9 Å². The predicted octanol–water partition coefficient (Wildman–Crippen LogP) is 1.52. The Morgan fingerprint density at radius 1 is 1.14 bits per heavy atom. The maximum absolute atomic E-state index is 12.5. The third-order valence-corrected chi connectivity index (χ3v) is 6.64. The van der Waals surface area contributed by atoms with Crippen molar-refractivity contribution in [3.63, 3.8) is 0 Å². The number of phenolic OH excluding ortho intramolecular Hbond substituents is 1. The quantitative estimate of drug-likeness (QED) is 0.179. The molecule has 0 saturated heterocycles. The molecule has 0 aliphatic heterocycles. The van der Waals surface area contributed by atoms with Gasteiger partial charge in [0.1, 0.15) is 0 Å². The molecule has 0 bridgehead atoms. The van der Waals surface area contributed by atoms with Crippen LogP contribution >= 0.6 is 0 Å². The number of amides is 3. The molecule has 0 saturated carbocycles. The first-order valence-corrected chi connectivity index (χ1v) is 13.2. The van der Waals surface area contributed by atoms with E-state index in [4.69, 9.17) is 9.47 Å². The molecule has 3 amide bonds. The van der Waals surface area contributed by atoms with E-state index in [2.05, 4.69) is 20.9 Å². The number of alkyl carbamates (subject to hydrolysis) is 1. The minimum absolute atomic E-state index is 0.0316. The van der Waals surface area contributed by atoms with Crippen LogP contribution in [0.5, 0.6) is 11.5 Å². The summed E-state index contributed by atoms with van der Waals surface area (Å²) in [6, 6.07) is 6.10. The Labute approximate surface area is 214 Å². The topological polar surface area (TPSA) is 176 Å². The second-order valence-electron chi connectivity index (χ2n) is 7.63. The molecular weight excluding hydrogens is 535 g/mol. The van der Waals surface area contributed by atoms with Crippen LogP contribution in [-0.2, 0) is 16.1 Å². The van der Waals surface area contributed by atoms with Gasteiger partial charge in [-0.05, 0) is 11.6 Å². The molecule has 2 rings (SSSR count). The number of carbonyl (C=O) groups excluding carboxylic acids is 3. The number of aromatic hydroxyl groups is 1. The van der Waals surface area contributed by atoms with E-state index < -0.39 is 44.5 Å². The fourth-order valence-corrected chi connectivity index (χ4v) is 4.70. The number of pyridine rings is 1. The molecule has 0 fully saturated rings. The number of carboxylic acids is 1. The first-order valence-electron chi connectivity index (χ1n) is 10.9. The van der Waals surface area contributed by atoms with E-state index >= 15 is 0 Å². The van der Waals surface area contributed by atoms with Gasteiger partial charge in [0, 0.05) is 12.4 Å². The summed E-state index contributed by atoms with van der Waals surface area (Å²) in [4.78, 5) is 51.3. The molecule has 0 aliphatic carbocycles. The zero-order valence-corrected chi connectivity index (χ0v) is 21.6. The van der Waals surface area contributed by atoms with Gasteiger partial charge < -0.3 is 0 Å². The summed E-state index contributed by atoms with van der Waals surface area (Å²) in [5.74, 6) is -1.31. The Bertz CT molecular complexity index is 1050. The van der Waals surface area contributed by atoms with Crippen LogP contribution in [0.25, 0.3) is 0 Å². The van der Waals surface area contributed by atoms with E-state index in [0.29, 0.717) is 12.3 Å². The van der Waals surface area contributed by atoms with Crippen molar-refractivity contribution in [3.05, 3.63) is 53.9 Å². The van der Waals surface area contributed by atoms with Gasteiger partial charge in [0.05, 0.1) is 0 Å². The number of hydrogen-bond acceptors (Lipinski definition) is 8. The van der Waals surface area contributed by atoms with E-state index in [1.54, 1.807) is 32.3 Å². The number of benzene rings is 1. The molecule has 1 aromatic carbocycles. The number of phenols is 1. The van der Waals surface area contributed by atoms with Crippen LogP contribution in [0.2, 0.25) is 5.21 Å². The zero-order chi connectivity index (χ0) is 26.5. The third kappa shape index (κ3) is 10.2. The summed E-state index contributed by atoms with van der Waals surface area (Å²) in [6.45, 7) is 3.90. The van der Waals surface area contributed by atoms with E-state index in [0.717, 1.165) is 5.56 Å². The van der Waals surface area contributed by atoms with Crippen LogP contribution in [-0.4, -0.2) is 78.9 Å². The molecule has 193 valence electrons. The number of aromatic nitrogens is 1. The Morgan fingerprint density at radius 3 is 2.56 bits per heavy atom. The molecule has 5 N–H and O–H groups in total. The first-order chi connectivity index (χ1) is 17.2. The standard InChI is InChI=1S/C23H28AsN4O8/c1-14(2)36-23(34)28-18(21(31)32)11-24-20(30)17-6-5-16(10-19(17)29)35-9-8-26-22(33)27-13-15-4-3-7-25-12-15/h3-7,10,12,14,18,29H,8-9,11,13H2,1-2H3,(H,28,34)(H,31,32)(H2,26,27,33)/t18-/m1/s1. The monoisotopic (exact) mass is 563 g/mol. The Kier molecular flexibility index (Phi) is 11.5. The second-order valence-corrected chi connectivity index (χ2v) is 9.91. The van der Waals surface area contributed by atoms with Gasteiger partial charge in [-0.15, -0.1) is 0 Å². The number of rotatable bonds is 13. The number of hydrogen-bond donors (Lipinski definition) is 5. The average molecular weight is 563 g/mol. The molecule has 1 atom stereocenters. The fraction of sp³-hybridized carbons (Fsp3) is 0.348. The van der Waals surface area contributed by atoms with Crippen LogP contribution in [0.4, 0.5) is 9.59 Å². The summed E-state index contributed by atoms with van der Waals surface area (Å²) in [5.41, 5.74) is 0.892. The molecule has 0 aliphatic rings. The average Bonchev–Trinajstić information content (AvgIpc) is 2.83. The molecule has 1 heterocycles. The number of urea groups is 1. The Hall–Kier alpha value is -3.79. The SMILES string of the molecule is CC(C)OC(=O)N[C@H](C[As]C(=O)c1ccc(OCCNC(=O)NCc2cccnc2)cc1O)C(=O)O. The van der Waals surface area contributed by atoms with Gasteiger partial charge in [-0.2, -0.15) is 0 Å². The van der Waals surface area contributed by atoms with Crippen LogP contribution in [0.1, 0.15) is 29.8 Å². The van der Waals surface area contributed by atoms with Gasteiger partial charge >= 0.3 is 179 Å². The number of nitrogens with zero attached hydrogens (tertiary/aromatic N) is 1. The summed E-state index contributed by atoms with van der Waals surface area (Å²) in [5, 5.41) is 27.0. The van der Waals surface area contributed by atoms with Crippen molar-refractivity contribution in [2.24, 2.45) is 0 Å². The molecule has 1 radical (unpaired) electrons. The number of ether oxygens (including phenoxy) is 2. The third-order valence-electron chi connectivity index (χ3n) is 4.38. The summed E-state index contributed by atoms with van der Waals surface area (Å²) in [6.07, 6.45) is 1.99. The van der Waals surface area contributed by atoms with Crippen LogP contribution in [0.3, 0.4) is 0 Å². The van der Waals surface area contributed by atoms with Crippen LogP contribution < -0.4 is 20.7 Å². The van der Waals surface area contributed by atoms with Crippen molar-refractivity contribution in [3.8, 4) is 11.5 Å². The van der Waals surface area contributed by atoms with Gasteiger partial charge in [0.25, 0.3) is 0 Å².